The predicted molar refractivity (Wildman–Crippen MR) is 127 cm³/mol. The van der Waals surface area contributed by atoms with Crippen LogP contribution in [-0.2, 0) is 0 Å². The van der Waals surface area contributed by atoms with E-state index in [1.165, 1.54) is 16.7 Å². The largest absolute Gasteiger partial charge is 0.411 e. The quantitative estimate of drug-likeness (QED) is 0.223. The van der Waals surface area contributed by atoms with Crippen molar-refractivity contribution < 1.29 is 5.21 Å². The molecule has 0 amide bonds. The Hall–Kier alpha value is -3.66. The van der Waals surface area contributed by atoms with Crippen LogP contribution in [0.4, 0.5) is 0 Å². The number of aryl methyl sites for hydroxylation is 1. The summed E-state index contributed by atoms with van der Waals surface area (Å²) < 4.78 is 2.06. The number of oxime groups is 1. The van der Waals surface area contributed by atoms with Crippen LogP contribution in [0.3, 0.4) is 0 Å². The molecule has 4 heteroatoms. The van der Waals surface area contributed by atoms with E-state index in [1.54, 1.807) is 6.92 Å². The lowest BCUT2D eigenvalue weighted by Crippen LogP contribution is -1.97. The Morgan fingerprint density at radius 3 is 2.35 bits per heavy atom. The normalized spacial score (nSPS) is 11.8. The molecule has 0 aliphatic rings. The van der Waals surface area contributed by atoms with Crippen molar-refractivity contribution in [2.45, 2.75) is 33.6 Å². The van der Waals surface area contributed by atoms with E-state index in [-0.39, 0.29) is 0 Å². The van der Waals surface area contributed by atoms with Gasteiger partial charge in [0.2, 0.25) is 0 Å². The van der Waals surface area contributed by atoms with Gasteiger partial charge in [-0.3, -0.25) is 4.57 Å². The third-order valence-corrected chi connectivity index (χ3v) is 5.64. The van der Waals surface area contributed by atoms with Gasteiger partial charge in [-0.05, 0) is 54.2 Å². The molecule has 1 aromatic heterocycles. The standard InChI is InChI=1S/C27H27N3O/c1-18(2)22-9-7-10-23(16-22)21-12-14-24(15-13-21)30-17-26(20(4)29-31)28-27(30)25-11-6-5-8-19(25)3/h5-18,31H,1-4H3/b29-20+. The van der Waals surface area contributed by atoms with Crippen molar-refractivity contribution in [3.05, 3.63) is 95.8 Å². The summed E-state index contributed by atoms with van der Waals surface area (Å²) >= 11 is 0. The van der Waals surface area contributed by atoms with Gasteiger partial charge in [0.1, 0.15) is 17.2 Å². The second-order valence-corrected chi connectivity index (χ2v) is 8.15. The molecule has 0 saturated heterocycles. The fourth-order valence-electron chi connectivity index (χ4n) is 3.71. The second-order valence-electron chi connectivity index (χ2n) is 8.15. The Labute approximate surface area is 183 Å². The van der Waals surface area contributed by atoms with Gasteiger partial charge in [-0.15, -0.1) is 0 Å². The highest BCUT2D eigenvalue weighted by Crippen LogP contribution is 2.29. The number of hydrogen-bond donors (Lipinski definition) is 1. The van der Waals surface area contributed by atoms with Crippen molar-refractivity contribution in [3.8, 4) is 28.2 Å². The minimum absolute atomic E-state index is 0.482. The maximum Gasteiger partial charge on any atom is 0.145 e. The monoisotopic (exact) mass is 409 g/mol. The summed E-state index contributed by atoms with van der Waals surface area (Å²) in [4.78, 5) is 4.77. The van der Waals surface area contributed by atoms with Crippen LogP contribution in [0.1, 0.15) is 43.5 Å². The minimum atomic E-state index is 0.482. The van der Waals surface area contributed by atoms with Crippen LogP contribution in [0, 0.1) is 6.92 Å². The number of nitrogens with zero attached hydrogens (tertiary/aromatic N) is 3. The van der Waals surface area contributed by atoms with Gasteiger partial charge in [-0.1, -0.05) is 79.7 Å². The molecule has 4 nitrogen and oxygen atoms in total. The molecular weight excluding hydrogens is 382 g/mol. The van der Waals surface area contributed by atoms with Gasteiger partial charge >= 0.3 is 0 Å². The third-order valence-electron chi connectivity index (χ3n) is 5.64. The first kappa shape index (κ1) is 20.6. The molecule has 1 N–H and O–H groups in total. The molecule has 4 aromatic rings. The van der Waals surface area contributed by atoms with Crippen molar-refractivity contribution in [3.63, 3.8) is 0 Å². The molecule has 0 spiro atoms. The molecule has 4 rings (SSSR count). The lowest BCUT2D eigenvalue weighted by atomic mass is 9.97. The lowest BCUT2D eigenvalue weighted by Gasteiger charge is -2.12. The van der Waals surface area contributed by atoms with E-state index in [4.69, 9.17) is 4.98 Å². The Morgan fingerprint density at radius 1 is 0.935 bits per heavy atom. The SMILES string of the molecule is C/C(=N\O)c1cn(-c2ccc(-c3cccc(C(C)C)c3)cc2)c(-c2ccccc2C)n1. The van der Waals surface area contributed by atoms with Crippen LogP contribution in [0.25, 0.3) is 28.2 Å². The number of hydrogen-bond acceptors (Lipinski definition) is 3. The van der Waals surface area contributed by atoms with Crippen LogP contribution < -0.4 is 0 Å². The lowest BCUT2D eigenvalue weighted by molar-refractivity contribution is 0.319. The smallest absolute Gasteiger partial charge is 0.145 e. The Bertz CT molecular complexity index is 1230. The highest BCUT2D eigenvalue weighted by Gasteiger charge is 2.15. The van der Waals surface area contributed by atoms with Crippen molar-refractivity contribution in [1.82, 2.24) is 9.55 Å². The van der Waals surface area contributed by atoms with E-state index in [2.05, 4.69) is 91.2 Å². The Morgan fingerprint density at radius 2 is 1.68 bits per heavy atom. The van der Waals surface area contributed by atoms with Gasteiger partial charge in [0.25, 0.3) is 0 Å². The van der Waals surface area contributed by atoms with E-state index in [1.807, 2.05) is 18.3 Å². The van der Waals surface area contributed by atoms with E-state index in [9.17, 15) is 5.21 Å². The fourth-order valence-corrected chi connectivity index (χ4v) is 3.71. The third kappa shape index (κ3) is 4.15. The van der Waals surface area contributed by atoms with E-state index in [0.29, 0.717) is 17.3 Å². The zero-order valence-corrected chi connectivity index (χ0v) is 18.4. The maximum absolute atomic E-state index is 9.25. The summed E-state index contributed by atoms with van der Waals surface area (Å²) in [5.74, 6) is 1.32. The number of benzene rings is 3. The Kier molecular flexibility index (Phi) is 5.72. The average Bonchev–Trinajstić information content (AvgIpc) is 3.24. The van der Waals surface area contributed by atoms with Crippen LogP contribution in [0.15, 0.2) is 84.1 Å². The van der Waals surface area contributed by atoms with Crippen LogP contribution >= 0.6 is 0 Å². The number of aromatic nitrogens is 2. The van der Waals surface area contributed by atoms with Crippen molar-refractivity contribution in [2.24, 2.45) is 5.16 Å². The van der Waals surface area contributed by atoms with Gasteiger partial charge in [-0.2, -0.15) is 0 Å². The molecule has 0 aliphatic carbocycles. The van der Waals surface area contributed by atoms with E-state index in [0.717, 1.165) is 22.6 Å². The topological polar surface area (TPSA) is 50.4 Å². The van der Waals surface area contributed by atoms with Gasteiger partial charge < -0.3 is 5.21 Å². The summed E-state index contributed by atoms with van der Waals surface area (Å²) in [5, 5.41) is 12.6. The van der Waals surface area contributed by atoms with Crippen molar-refractivity contribution in [2.75, 3.05) is 0 Å². The summed E-state index contributed by atoms with van der Waals surface area (Å²) in [5.41, 5.74) is 8.05. The van der Waals surface area contributed by atoms with Gasteiger partial charge in [0.05, 0.1) is 0 Å². The molecule has 0 unspecified atom stereocenters. The summed E-state index contributed by atoms with van der Waals surface area (Å²) in [7, 11) is 0. The molecule has 156 valence electrons. The van der Waals surface area contributed by atoms with Crippen LogP contribution in [-0.4, -0.2) is 20.5 Å². The molecule has 0 bridgehead atoms. The first-order chi connectivity index (χ1) is 15.0. The van der Waals surface area contributed by atoms with Crippen LogP contribution in [0.5, 0.6) is 0 Å². The molecule has 3 aromatic carbocycles. The molecule has 0 aliphatic heterocycles. The van der Waals surface area contributed by atoms with E-state index >= 15 is 0 Å². The summed E-state index contributed by atoms with van der Waals surface area (Å²) in [6.07, 6.45) is 1.92. The molecule has 0 fully saturated rings. The van der Waals surface area contributed by atoms with Crippen molar-refractivity contribution >= 4 is 5.71 Å². The molecule has 0 atom stereocenters. The predicted octanol–water partition coefficient (Wildman–Crippen LogP) is 6.84. The minimum Gasteiger partial charge on any atom is -0.411 e. The molecule has 31 heavy (non-hydrogen) atoms. The molecule has 0 radical (unpaired) electrons. The average molecular weight is 410 g/mol. The van der Waals surface area contributed by atoms with Crippen LogP contribution in [0.2, 0.25) is 0 Å². The second kappa shape index (κ2) is 8.60. The van der Waals surface area contributed by atoms with Crippen molar-refractivity contribution in [1.29, 1.82) is 0 Å². The molecule has 1 heterocycles. The molecule has 0 saturated carbocycles. The summed E-state index contributed by atoms with van der Waals surface area (Å²) in [6.45, 7) is 8.25. The molecular formula is C27H27N3O. The van der Waals surface area contributed by atoms with Gasteiger partial charge in [-0.25, -0.2) is 4.98 Å². The zero-order valence-electron chi connectivity index (χ0n) is 18.4. The van der Waals surface area contributed by atoms with Gasteiger partial charge in [0, 0.05) is 17.4 Å². The van der Waals surface area contributed by atoms with Gasteiger partial charge in [0.15, 0.2) is 0 Å². The maximum atomic E-state index is 9.25. The highest BCUT2D eigenvalue weighted by atomic mass is 16.4. The zero-order chi connectivity index (χ0) is 22.0. The fraction of sp³-hybridized carbons (Fsp3) is 0.185. The number of rotatable bonds is 5. The first-order valence-electron chi connectivity index (χ1n) is 10.5. The first-order valence-corrected chi connectivity index (χ1v) is 10.5. The number of imidazole rings is 1. The summed E-state index contributed by atoms with van der Waals surface area (Å²) in [6, 6.07) is 25.4. The Balaban J connectivity index is 1.78. The highest BCUT2D eigenvalue weighted by molar-refractivity contribution is 5.97. The van der Waals surface area contributed by atoms with E-state index < -0.39 is 0 Å².